The number of carbonyl (C=O) groups excluding carboxylic acids is 1. The molecular formula is C11H11NO2. The molecule has 1 N–H and O–H groups in total. The number of fused-ring (bicyclic) bond motifs is 1. The average Bonchev–Trinajstić information content (AvgIpc) is 2.44. The van der Waals surface area contributed by atoms with Crippen molar-refractivity contribution in [2.75, 3.05) is 0 Å². The number of benzene rings is 1. The van der Waals surface area contributed by atoms with Gasteiger partial charge in [-0.2, -0.15) is 0 Å². The molecule has 0 amide bonds. The summed E-state index contributed by atoms with van der Waals surface area (Å²) in [5, 5.41) is 1.09. The molecule has 0 bridgehead atoms. The highest BCUT2D eigenvalue weighted by Gasteiger charge is 2.09. The number of nitrogens with one attached hydrogen (secondary N) is 1. The second-order valence-corrected chi connectivity index (χ2v) is 3.22. The van der Waals surface area contributed by atoms with E-state index in [-0.39, 0.29) is 5.97 Å². The molecule has 0 aliphatic heterocycles. The van der Waals surface area contributed by atoms with Crippen molar-refractivity contribution < 1.29 is 9.53 Å². The van der Waals surface area contributed by atoms with Crippen LogP contribution in [0.15, 0.2) is 24.3 Å². The molecule has 0 radical (unpaired) electrons. The van der Waals surface area contributed by atoms with E-state index in [4.69, 9.17) is 4.74 Å². The topological polar surface area (TPSA) is 42.1 Å². The summed E-state index contributed by atoms with van der Waals surface area (Å²) >= 11 is 0. The zero-order valence-electron chi connectivity index (χ0n) is 8.13. The summed E-state index contributed by atoms with van der Waals surface area (Å²) < 4.78 is 5.04. The second-order valence-electron chi connectivity index (χ2n) is 3.22. The van der Waals surface area contributed by atoms with E-state index in [1.165, 1.54) is 6.92 Å². The van der Waals surface area contributed by atoms with E-state index in [0.29, 0.717) is 5.88 Å². The predicted octanol–water partition coefficient (Wildman–Crippen LogP) is 2.40. The summed E-state index contributed by atoms with van der Waals surface area (Å²) in [5.41, 5.74) is 1.96. The van der Waals surface area contributed by atoms with Crippen LogP contribution in [-0.2, 0) is 4.79 Å². The lowest BCUT2D eigenvalue weighted by molar-refractivity contribution is -0.132. The van der Waals surface area contributed by atoms with Gasteiger partial charge in [-0.15, -0.1) is 0 Å². The van der Waals surface area contributed by atoms with Gasteiger partial charge in [0.05, 0.1) is 0 Å². The number of H-pyrrole nitrogens is 1. The summed E-state index contributed by atoms with van der Waals surface area (Å²) in [4.78, 5) is 13.9. The Balaban J connectivity index is 2.57. The number of rotatable bonds is 1. The normalized spacial score (nSPS) is 10.4. The van der Waals surface area contributed by atoms with E-state index in [9.17, 15) is 4.79 Å². The molecule has 1 heterocycles. The maximum absolute atomic E-state index is 10.8. The molecule has 3 heteroatoms. The fraction of sp³-hybridized carbons (Fsp3) is 0.182. The highest BCUT2D eigenvalue weighted by molar-refractivity contribution is 5.86. The van der Waals surface area contributed by atoms with E-state index in [1.54, 1.807) is 0 Å². The van der Waals surface area contributed by atoms with Gasteiger partial charge in [-0.25, -0.2) is 0 Å². The van der Waals surface area contributed by atoms with Gasteiger partial charge in [0.15, 0.2) is 0 Å². The van der Waals surface area contributed by atoms with Crippen LogP contribution in [0.5, 0.6) is 5.88 Å². The van der Waals surface area contributed by atoms with E-state index >= 15 is 0 Å². The van der Waals surface area contributed by atoms with E-state index in [1.807, 2.05) is 31.2 Å². The van der Waals surface area contributed by atoms with Gasteiger partial charge < -0.3 is 9.72 Å². The third-order valence-electron chi connectivity index (χ3n) is 2.17. The maximum atomic E-state index is 10.8. The molecule has 0 aliphatic carbocycles. The fourth-order valence-electron chi connectivity index (χ4n) is 1.50. The molecule has 0 atom stereocenters. The van der Waals surface area contributed by atoms with Crippen molar-refractivity contribution in [3.05, 3.63) is 29.8 Å². The summed E-state index contributed by atoms with van der Waals surface area (Å²) in [5.74, 6) is 0.235. The van der Waals surface area contributed by atoms with Crippen LogP contribution in [0.4, 0.5) is 0 Å². The molecule has 2 rings (SSSR count). The first-order valence-electron chi connectivity index (χ1n) is 4.44. The van der Waals surface area contributed by atoms with Crippen molar-refractivity contribution in [2.24, 2.45) is 0 Å². The highest BCUT2D eigenvalue weighted by atomic mass is 16.5. The van der Waals surface area contributed by atoms with Crippen molar-refractivity contribution in [3.8, 4) is 5.88 Å². The Morgan fingerprint density at radius 1 is 1.36 bits per heavy atom. The Kier molecular flexibility index (Phi) is 2.00. The Morgan fingerprint density at radius 2 is 2.07 bits per heavy atom. The number of aromatic nitrogens is 1. The van der Waals surface area contributed by atoms with Crippen molar-refractivity contribution >= 4 is 16.9 Å². The molecule has 3 nitrogen and oxygen atoms in total. The largest absolute Gasteiger partial charge is 0.409 e. The zero-order chi connectivity index (χ0) is 10.1. The molecule has 0 spiro atoms. The Bertz CT molecular complexity index is 485. The van der Waals surface area contributed by atoms with E-state index < -0.39 is 0 Å². The number of esters is 1. The molecular weight excluding hydrogens is 178 g/mol. The molecule has 0 unspecified atom stereocenters. The first-order valence-corrected chi connectivity index (χ1v) is 4.44. The van der Waals surface area contributed by atoms with Crippen molar-refractivity contribution in [1.82, 2.24) is 4.98 Å². The van der Waals surface area contributed by atoms with Crippen LogP contribution in [0.2, 0.25) is 0 Å². The molecule has 0 saturated carbocycles. The van der Waals surface area contributed by atoms with Gasteiger partial charge in [0.25, 0.3) is 0 Å². The number of hydrogen-bond donors (Lipinski definition) is 1. The SMILES string of the molecule is CC(=O)Oc1[nH]c2ccccc2c1C. The van der Waals surface area contributed by atoms with Gasteiger partial charge >= 0.3 is 5.97 Å². The zero-order valence-corrected chi connectivity index (χ0v) is 8.13. The summed E-state index contributed by atoms with van der Waals surface area (Å²) in [6.07, 6.45) is 0. The number of para-hydroxylation sites is 1. The molecule has 0 aliphatic rings. The number of ether oxygens (including phenoxy) is 1. The maximum Gasteiger partial charge on any atom is 0.309 e. The van der Waals surface area contributed by atoms with Crippen LogP contribution in [0.3, 0.4) is 0 Å². The van der Waals surface area contributed by atoms with E-state index in [0.717, 1.165) is 16.5 Å². The van der Waals surface area contributed by atoms with Crippen LogP contribution in [-0.4, -0.2) is 11.0 Å². The smallest absolute Gasteiger partial charge is 0.309 e. The molecule has 2 aromatic rings. The minimum absolute atomic E-state index is 0.306. The third kappa shape index (κ3) is 1.37. The van der Waals surface area contributed by atoms with Gasteiger partial charge in [-0.05, 0) is 13.0 Å². The second kappa shape index (κ2) is 3.18. The fourth-order valence-corrected chi connectivity index (χ4v) is 1.50. The quantitative estimate of drug-likeness (QED) is 0.700. The Labute approximate surface area is 81.7 Å². The number of aromatic amines is 1. The number of aryl methyl sites for hydroxylation is 1. The van der Waals surface area contributed by atoms with Gasteiger partial charge in [0.2, 0.25) is 5.88 Å². The van der Waals surface area contributed by atoms with Crippen molar-refractivity contribution in [1.29, 1.82) is 0 Å². The average molecular weight is 189 g/mol. The minimum atomic E-state index is -0.306. The van der Waals surface area contributed by atoms with Gasteiger partial charge in [0.1, 0.15) is 0 Å². The molecule has 0 fully saturated rings. The van der Waals surface area contributed by atoms with Gasteiger partial charge in [-0.3, -0.25) is 4.79 Å². The summed E-state index contributed by atoms with van der Waals surface area (Å²) in [6, 6.07) is 7.85. The highest BCUT2D eigenvalue weighted by Crippen LogP contribution is 2.26. The van der Waals surface area contributed by atoms with E-state index in [2.05, 4.69) is 4.98 Å². The molecule has 1 aromatic heterocycles. The Hall–Kier alpha value is -1.77. The molecule has 14 heavy (non-hydrogen) atoms. The summed E-state index contributed by atoms with van der Waals surface area (Å²) in [7, 11) is 0. The van der Waals surface area contributed by atoms with Crippen molar-refractivity contribution in [2.45, 2.75) is 13.8 Å². The number of hydrogen-bond acceptors (Lipinski definition) is 2. The van der Waals surface area contributed by atoms with Crippen LogP contribution >= 0.6 is 0 Å². The molecule has 72 valence electrons. The van der Waals surface area contributed by atoms with Crippen molar-refractivity contribution in [3.63, 3.8) is 0 Å². The standard InChI is InChI=1S/C11H11NO2/c1-7-9-5-3-4-6-10(9)12-11(7)14-8(2)13/h3-6,12H,1-2H3. The minimum Gasteiger partial charge on any atom is -0.409 e. The lowest BCUT2D eigenvalue weighted by atomic mass is 10.2. The first-order chi connectivity index (χ1) is 6.68. The monoisotopic (exact) mass is 189 g/mol. The van der Waals surface area contributed by atoms with Crippen LogP contribution in [0.1, 0.15) is 12.5 Å². The van der Waals surface area contributed by atoms with Crippen LogP contribution in [0.25, 0.3) is 10.9 Å². The predicted molar refractivity (Wildman–Crippen MR) is 54.3 cm³/mol. The first kappa shape index (κ1) is 8.81. The molecule has 1 aromatic carbocycles. The Morgan fingerprint density at radius 3 is 2.71 bits per heavy atom. The van der Waals surface area contributed by atoms with Crippen LogP contribution in [0, 0.1) is 6.92 Å². The third-order valence-corrected chi connectivity index (χ3v) is 2.17. The van der Waals surface area contributed by atoms with Gasteiger partial charge in [-0.1, -0.05) is 18.2 Å². The number of carbonyl (C=O) groups is 1. The summed E-state index contributed by atoms with van der Waals surface area (Å²) in [6.45, 7) is 3.32. The van der Waals surface area contributed by atoms with Gasteiger partial charge in [0, 0.05) is 23.4 Å². The van der Waals surface area contributed by atoms with Crippen LogP contribution < -0.4 is 4.74 Å². The molecule has 0 saturated heterocycles. The lowest BCUT2D eigenvalue weighted by Crippen LogP contribution is -2.02. The lowest BCUT2D eigenvalue weighted by Gasteiger charge is -1.97.